The molecular weight excluding hydrogens is 464 g/mol. The van der Waals surface area contributed by atoms with Crippen molar-refractivity contribution in [2.45, 2.75) is 55.1 Å². The molecule has 0 spiro atoms. The molecule has 3 aromatic rings. The number of nitrogens with one attached hydrogen (secondary N) is 1. The van der Waals surface area contributed by atoms with E-state index in [2.05, 4.69) is 27.2 Å². The summed E-state index contributed by atoms with van der Waals surface area (Å²) in [6.07, 6.45) is -1.01. The molecule has 1 aliphatic rings. The molecule has 0 saturated carbocycles. The molecule has 0 bridgehead atoms. The number of ether oxygens (including phenoxy) is 1. The van der Waals surface area contributed by atoms with Crippen molar-refractivity contribution in [2.75, 3.05) is 18.5 Å². The van der Waals surface area contributed by atoms with Crippen LogP contribution in [0, 0.1) is 10.1 Å². The average Bonchev–Trinajstić information content (AvgIpc) is 3.38. The number of rotatable bonds is 10. The Morgan fingerprint density at radius 3 is 2.65 bits per heavy atom. The third-order valence-electron chi connectivity index (χ3n) is 5.52. The minimum absolute atomic E-state index is 0.0258. The zero-order valence-corrected chi connectivity index (χ0v) is 19.3. The van der Waals surface area contributed by atoms with Gasteiger partial charge in [0.25, 0.3) is 5.69 Å². The smallest absolute Gasteiger partial charge is 0.269 e. The van der Waals surface area contributed by atoms with Gasteiger partial charge in [-0.15, -0.1) is 0 Å². The second-order valence-electron chi connectivity index (χ2n) is 7.90. The molecule has 2 aromatic heterocycles. The zero-order valence-electron chi connectivity index (χ0n) is 18.4. The Kier molecular flexibility index (Phi) is 7.58. The summed E-state index contributed by atoms with van der Waals surface area (Å²) in [6.45, 7) is 2.32. The molecule has 4 N–H and O–H groups in total. The number of aliphatic hydroxyl groups excluding tert-OH is 3. The fourth-order valence-electron chi connectivity index (χ4n) is 3.61. The maximum Gasteiger partial charge on any atom is 0.269 e. The zero-order chi connectivity index (χ0) is 24.2. The highest BCUT2D eigenvalue weighted by Gasteiger charge is 2.44. The molecule has 182 valence electrons. The molecule has 34 heavy (non-hydrogen) atoms. The van der Waals surface area contributed by atoms with Gasteiger partial charge < -0.3 is 25.4 Å². The summed E-state index contributed by atoms with van der Waals surface area (Å²) in [4.78, 5) is 24.0. The van der Waals surface area contributed by atoms with Gasteiger partial charge in [-0.2, -0.15) is 4.98 Å². The number of hydrogen-bond acceptors (Lipinski definition) is 11. The number of nitrogens with zero attached hydrogens (tertiary/aromatic N) is 5. The third-order valence-corrected chi connectivity index (χ3v) is 6.55. The molecular formula is C21H26N6O6S. The van der Waals surface area contributed by atoms with Crippen molar-refractivity contribution in [2.24, 2.45) is 0 Å². The van der Waals surface area contributed by atoms with Crippen LogP contribution < -0.4 is 5.32 Å². The summed E-state index contributed by atoms with van der Waals surface area (Å²) in [6, 6.07) is 6.31. The number of anilines is 1. The van der Waals surface area contributed by atoms with Crippen LogP contribution in [0.3, 0.4) is 0 Å². The van der Waals surface area contributed by atoms with E-state index in [9.17, 15) is 25.4 Å². The molecule has 0 radical (unpaired) electrons. The van der Waals surface area contributed by atoms with Crippen LogP contribution in [-0.4, -0.2) is 71.2 Å². The lowest BCUT2D eigenvalue weighted by Crippen LogP contribution is -2.33. The van der Waals surface area contributed by atoms with E-state index in [4.69, 9.17) is 4.74 Å². The maximum atomic E-state index is 10.9. The van der Waals surface area contributed by atoms with Crippen LogP contribution in [-0.2, 0) is 10.5 Å². The van der Waals surface area contributed by atoms with Gasteiger partial charge in [-0.25, -0.2) is 9.97 Å². The number of hydrogen-bond donors (Lipinski definition) is 4. The Hall–Kier alpha value is -2.84. The minimum Gasteiger partial charge on any atom is -0.394 e. The van der Waals surface area contributed by atoms with Gasteiger partial charge in [0, 0.05) is 24.4 Å². The number of unbranched alkanes of at least 4 members (excludes halogenated alkanes) is 1. The fraction of sp³-hybridized carbons (Fsp3) is 0.476. The Balaban J connectivity index is 1.64. The number of aromatic nitrogens is 4. The Morgan fingerprint density at radius 1 is 1.24 bits per heavy atom. The summed E-state index contributed by atoms with van der Waals surface area (Å²) in [7, 11) is 0. The Bertz CT molecular complexity index is 1140. The highest BCUT2D eigenvalue weighted by atomic mass is 32.2. The van der Waals surface area contributed by atoms with Crippen LogP contribution >= 0.6 is 11.8 Å². The number of thioether (sulfide) groups is 1. The van der Waals surface area contributed by atoms with Crippen LogP contribution in [0.4, 0.5) is 11.6 Å². The van der Waals surface area contributed by atoms with Crippen molar-refractivity contribution in [1.82, 2.24) is 19.5 Å². The summed E-state index contributed by atoms with van der Waals surface area (Å²) < 4.78 is 7.19. The standard InChI is InChI=1S/C21H26N6O6S/c1-2-3-8-22-21-24-18-15(23-11-26(18)20-17(30)16(29)14(9-28)33-20)19(25-21)34-10-12-4-6-13(7-5-12)27(31)32/h4-7,11,14,16-17,20,28-30H,2-3,8-10H2,1H3,(H,22,24,25)/t14-,16-,17-,20-/m1/s1. The molecule has 1 fully saturated rings. The molecule has 1 aromatic carbocycles. The third kappa shape index (κ3) is 4.98. The fourth-order valence-corrected chi connectivity index (χ4v) is 4.54. The predicted molar refractivity (Wildman–Crippen MR) is 124 cm³/mol. The topological polar surface area (TPSA) is 169 Å². The molecule has 4 atom stereocenters. The van der Waals surface area contributed by atoms with E-state index in [0.717, 1.165) is 18.4 Å². The van der Waals surface area contributed by atoms with Crippen LogP contribution in [0.5, 0.6) is 0 Å². The van der Waals surface area contributed by atoms with Gasteiger partial charge in [-0.05, 0) is 12.0 Å². The van der Waals surface area contributed by atoms with Crippen molar-refractivity contribution in [3.63, 3.8) is 0 Å². The van der Waals surface area contributed by atoms with E-state index >= 15 is 0 Å². The van der Waals surface area contributed by atoms with Gasteiger partial charge in [-0.1, -0.05) is 37.2 Å². The monoisotopic (exact) mass is 490 g/mol. The van der Waals surface area contributed by atoms with E-state index in [1.165, 1.54) is 34.8 Å². The number of benzene rings is 1. The minimum atomic E-state index is -1.27. The van der Waals surface area contributed by atoms with Crippen LogP contribution in [0.15, 0.2) is 35.6 Å². The molecule has 0 aliphatic carbocycles. The van der Waals surface area contributed by atoms with Crippen molar-refractivity contribution < 1.29 is 25.0 Å². The van der Waals surface area contributed by atoms with E-state index in [1.54, 1.807) is 12.1 Å². The van der Waals surface area contributed by atoms with Crippen LogP contribution in [0.1, 0.15) is 31.6 Å². The number of fused-ring (bicyclic) bond motifs is 1. The molecule has 13 heteroatoms. The summed E-state index contributed by atoms with van der Waals surface area (Å²) in [5, 5.41) is 44.7. The first-order valence-electron chi connectivity index (χ1n) is 10.9. The molecule has 0 unspecified atom stereocenters. The van der Waals surface area contributed by atoms with Crippen molar-refractivity contribution in [3.05, 3.63) is 46.3 Å². The molecule has 1 aliphatic heterocycles. The van der Waals surface area contributed by atoms with E-state index in [0.29, 0.717) is 34.4 Å². The van der Waals surface area contributed by atoms with Crippen LogP contribution in [0.25, 0.3) is 11.2 Å². The van der Waals surface area contributed by atoms with Gasteiger partial charge in [-0.3, -0.25) is 14.7 Å². The number of non-ortho nitro benzene ring substituents is 1. The average molecular weight is 491 g/mol. The first kappa shape index (κ1) is 24.3. The Morgan fingerprint density at radius 2 is 2.00 bits per heavy atom. The highest BCUT2D eigenvalue weighted by Crippen LogP contribution is 2.34. The van der Waals surface area contributed by atoms with Crippen molar-refractivity contribution >= 4 is 34.6 Å². The van der Waals surface area contributed by atoms with Gasteiger partial charge >= 0.3 is 0 Å². The molecule has 0 amide bonds. The van der Waals surface area contributed by atoms with E-state index < -0.39 is 36.1 Å². The summed E-state index contributed by atoms with van der Waals surface area (Å²) in [5.74, 6) is 0.889. The lowest BCUT2D eigenvalue weighted by atomic mass is 10.1. The lowest BCUT2D eigenvalue weighted by molar-refractivity contribution is -0.384. The van der Waals surface area contributed by atoms with Gasteiger partial charge in [0.15, 0.2) is 11.9 Å². The molecule has 4 rings (SSSR count). The van der Waals surface area contributed by atoms with Crippen molar-refractivity contribution in [1.29, 1.82) is 0 Å². The molecule has 12 nitrogen and oxygen atoms in total. The quantitative estimate of drug-likeness (QED) is 0.108. The van der Waals surface area contributed by atoms with Gasteiger partial charge in [0.2, 0.25) is 5.95 Å². The number of aliphatic hydroxyl groups is 3. The lowest BCUT2D eigenvalue weighted by Gasteiger charge is -2.17. The number of imidazole rings is 1. The van der Waals surface area contributed by atoms with Crippen molar-refractivity contribution in [3.8, 4) is 0 Å². The molecule has 3 heterocycles. The molecule has 1 saturated heterocycles. The largest absolute Gasteiger partial charge is 0.394 e. The van der Waals surface area contributed by atoms with Gasteiger partial charge in [0.05, 0.1) is 17.9 Å². The SMILES string of the molecule is CCCCNc1nc(SCc2ccc([N+](=O)[O-])cc2)c2ncn([C@@H]3O[C@H](CO)[C@@H](O)[C@H]3O)c2n1. The van der Waals surface area contributed by atoms with Gasteiger partial charge in [0.1, 0.15) is 28.9 Å². The normalized spacial score (nSPS) is 22.4. The Labute approximate surface area is 199 Å². The second kappa shape index (κ2) is 10.6. The predicted octanol–water partition coefficient (Wildman–Crippen LogP) is 1.85. The number of nitro benzene ring substituents is 1. The van der Waals surface area contributed by atoms with Crippen LogP contribution in [0.2, 0.25) is 0 Å². The first-order valence-corrected chi connectivity index (χ1v) is 11.9. The second-order valence-corrected chi connectivity index (χ2v) is 8.86. The summed E-state index contributed by atoms with van der Waals surface area (Å²) in [5.41, 5.74) is 1.81. The first-order chi connectivity index (χ1) is 16.4. The van der Waals surface area contributed by atoms with E-state index in [-0.39, 0.29) is 5.69 Å². The maximum absolute atomic E-state index is 10.9. The summed E-state index contributed by atoms with van der Waals surface area (Å²) >= 11 is 1.40. The van der Waals surface area contributed by atoms with E-state index in [1.807, 2.05) is 0 Å². The number of nitro groups is 1. The highest BCUT2D eigenvalue weighted by molar-refractivity contribution is 7.98.